The number of hydrogen-bond acceptors (Lipinski definition) is 6. The number of phenols is 1. The van der Waals surface area contributed by atoms with Crippen LogP contribution in [0.1, 0.15) is 101 Å². The van der Waals surface area contributed by atoms with E-state index in [4.69, 9.17) is 0 Å². The molecule has 2 aromatic carbocycles. The molecule has 0 heterocycles. The molecule has 0 spiro atoms. The zero-order valence-corrected chi connectivity index (χ0v) is 27.1. The third-order valence-electron chi connectivity index (χ3n) is 10.4. The number of ketones is 3. The molecule has 1 fully saturated rings. The van der Waals surface area contributed by atoms with E-state index in [1.165, 1.54) is 6.92 Å². The standard InChI is InChI=1S/C38H42O6/c1-19(2)26-16-25(15-14-24-12-10-21(5)11-13-24)32(40)29-27(26)17-36(8)18-37(9)30(20(3)4)22(6)28(23(7)39)34(42)38(37,44)35(43)31(36)33(29)41/h10-13,16,19-20,30,40-41,44H,17-18H2,1-9H3/t30-,36+,37+,38-/m1/s1. The van der Waals surface area contributed by atoms with Crippen molar-refractivity contribution < 1.29 is 29.7 Å². The highest BCUT2D eigenvalue weighted by Gasteiger charge is 2.72. The minimum atomic E-state index is -2.55. The van der Waals surface area contributed by atoms with E-state index in [9.17, 15) is 29.7 Å². The van der Waals surface area contributed by atoms with E-state index in [2.05, 4.69) is 11.8 Å². The summed E-state index contributed by atoms with van der Waals surface area (Å²) in [5.41, 5.74) is -0.494. The number of carbonyl (C=O) groups excluding carboxylic acids is 3. The fourth-order valence-corrected chi connectivity index (χ4v) is 8.73. The number of aliphatic hydroxyl groups excluding tert-OH is 1. The first kappa shape index (κ1) is 31.5. The summed E-state index contributed by atoms with van der Waals surface area (Å²) in [6.45, 7) is 16.7. The van der Waals surface area contributed by atoms with E-state index in [1.54, 1.807) is 13.8 Å². The molecule has 6 heteroatoms. The number of allylic oxidation sites excluding steroid dienone is 1. The van der Waals surface area contributed by atoms with Gasteiger partial charge in [0.05, 0.1) is 16.7 Å². The van der Waals surface area contributed by atoms with Crippen molar-refractivity contribution in [2.75, 3.05) is 0 Å². The molecule has 0 bridgehead atoms. The average Bonchev–Trinajstić information content (AvgIpc) is 2.90. The van der Waals surface area contributed by atoms with Gasteiger partial charge >= 0.3 is 0 Å². The van der Waals surface area contributed by atoms with Crippen molar-refractivity contribution in [3.8, 4) is 17.6 Å². The Kier molecular flexibility index (Phi) is 7.38. The molecular weight excluding hydrogens is 552 g/mol. The van der Waals surface area contributed by atoms with Gasteiger partial charge in [0.25, 0.3) is 0 Å². The summed E-state index contributed by atoms with van der Waals surface area (Å²) >= 11 is 0. The van der Waals surface area contributed by atoms with Gasteiger partial charge in [-0.1, -0.05) is 76.7 Å². The zero-order chi connectivity index (χ0) is 32.7. The number of Topliss-reactive ketones (excluding diaryl/α,β-unsaturated/α-hetero) is 3. The minimum Gasteiger partial charge on any atom is -0.507 e. The van der Waals surface area contributed by atoms with Crippen LogP contribution in [-0.2, 0) is 20.8 Å². The Bertz CT molecular complexity index is 1760. The molecule has 2 aromatic rings. The second kappa shape index (κ2) is 10.3. The Labute approximate surface area is 259 Å². The molecule has 0 aromatic heterocycles. The van der Waals surface area contributed by atoms with E-state index in [0.29, 0.717) is 17.6 Å². The summed E-state index contributed by atoms with van der Waals surface area (Å²) in [5.74, 6) is 2.60. The second-order valence-electron chi connectivity index (χ2n) is 14.2. The van der Waals surface area contributed by atoms with Crippen LogP contribution in [0.5, 0.6) is 5.75 Å². The summed E-state index contributed by atoms with van der Waals surface area (Å²) in [4.78, 5) is 41.4. The molecule has 44 heavy (non-hydrogen) atoms. The van der Waals surface area contributed by atoms with Crippen LogP contribution in [0.3, 0.4) is 0 Å². The van der Waals surface area contributed by atoms with Gasteiger partial charge in [0.1, 0.15) is 11.5 Å². The van der Waals surface area contributed by atoms with E-state index >= 15 is 0 Å². The fraction of sp³-hybridized carbons (Fsp3) is 0.447. The number of phenolic OH excluding ortho intramolecular Hbond substituents is 1. The maximum absolute atomic E-state index is 14.6. The van der Waals surface area contributed by atoms with Gasteiger partial charge in [-0.25, -0.2) is 0 Å². The van der Waals surface area contributed by atoms with E-state index < -0.39 is 45.5 Å². The Hall–Kier alpha value is -3.95. The molecule has 3 N–H and O–H groups in total. The number of fused-ring (bicyclic) bond motifs is 3. The SMILES string of the molecule is CC(=O)C1=C(C)[C@@H](C(C)C)[C@]2(C)C[C@]3(C)Cc4c(C(C)C)cc(C#Cc5ccc(C)cc5)c(O)c4C(O)=C3C(=O)[C@]2(O)C1=O. The van der Waals surface area contributed by atoms with Gasteiger partial charge in [-0.05, 0) is 80.7 Å². The molecule has 4 atom stereocenters. The van der Waals surface area contributed by atoms with Crippen molar-refractivity contribution in [3.05, 3.63) is 80.4 Å². The monoisotopic (exact) mass is 594 g/mol. The van der Waals surface area contributed by atoms with E-state index in [0.717, 1.165) is 22.3 Å². The van der Waals surface area contributed by atoms with Crippen LogP contribution in [0.15, 0.2) is 47.1 Å². The van der Waals surface area contributed by atoms with Gasteiger partial charge in [-0.3, -0.25) is 14.4 Å². The Morgan fingerprint density at radius 1 is 0.977 bits per heavy atom. The molecule has 0 amide bonds. The third kappa shape index (κ3) is 4.24. The summed E-state index contributed by atoms with van der Waals surface area (Å²) in [5, 5.41) is 35.9. The van der Waals surface area contributed by atoms with E-state index in [1.807, 2.05) is 71.9 Å². The molecule has 5 rings (SSSR count). The van der Waals surface area contributed by atoms with Gasteiger partial charge in [0.15, 0.2) is 11.4 Å². The smallest absolute Gasteiger partial charge is 0.206 e. The summed E-state index contributed by atoms with van der Waals surface area (Å²) < 4.78 is 0. The van der Waals surface area contributed by atoms with Crippen LogP contribution in [-0.4, -0.2) is 38.3 Å². The first-order valence-electron chi connectivity index (χ1n) is 15.4. The molecule has 3 aliphatic rings. The highest BCUT2D eigenvalue weighted by atomic mass is 16.3. The van der Waals surface area contributed by atoms with Gasteiger partial charge in [-0.15, -0.1) is 0 Å². The van der Waals surface area contributed by atoms with Crippen molar-refractivity contribution >= 4 is 23.1 Å². The molecule has 6 nitrogen and oxygen atoms in total. The molecule has 3 aliphatic carbocycles. The summed E-state index contributed by atoms with van der Waals surface area (Å²) in [6.07, 6.45) is 0.526. The van der Waals surface area contributed by atoms with Gasteiger partial charge in [0.2, 0.25) is 11.6 Å². The molecule has 0 aliphatic heterocycles. The quantitative estimate of drug-likeness (QED) is 0.212. The topological polar surface area (TPSA) is 112 Å². The van der Waals surface area contributed by atoms with E-state index in [-0.39, 0.29) is 40.7 Å². The van der Waals surface area contributed by atoms with Crippen molar-refractivity contribution in [1.29, 1.82) is 0 Å². The Morgan fingerprint density at radius 3 is 2.14 bits per heavy atom. The number of carbonyl (C=O) groups is 3. The minimum absolute atomic E-state index is 0.0111. The molecule has 0 saturated heterocycles. The Morgan fingerprint density at radius 2 is 1.59 bits per heavy atom. The number of aliphatic hydroxyl groups is 2. The number of rotatable bonds is 3. The molecule has 0 radical (unpaired) electrons. The zero-order valence-electron chi connectivity index (χ0n) is 27.1. The highest BCUT2D eigenvalue weighted by molar-refractivity contribution is 6.33. The van der Waals surface area contributed by atoms with Crippen molar-refractivity contribution in [1.82, 2.24) is 0 Å². The fourth-order valence-electron chi connectivity index (χ4n) is 8.73. The molecule has 1 saturated carbocycles. The van der Waals surface area contributed by atoms with Crippen molar-refractivity contribution in [3.63, 3.8) is 0 Å². The van der Waals surface area contributed by atoms with Crippen molar-refractivity contribution in [2.45, 2.75) is 86.7 Å². The van der Waals surface area contributed by atoms with Gasteiger partial charge < -0.3 is 15.3 Å². The third-order valence-corrected chi connectivity index (χ3v) is 10.4. The van der Waals surface area contributed by atoms with Crippen LogP contribution in [0.4, 0.5) is 0 Å². The largest absolute Gasteiger partial charge is 0.507 e. The maximum atomic E-state index is 14.6. The van der Waals surface area contributed by atoms with Gasteiger partial charge in [-0.2, -0.15) is 0 Å². The first-order chi connectivity index (χ1) is 20.4. The van der Waals surface area contributed by atoms with Gasteiger partial charge in [0, 0.05) is 22.0 Å². The lowest BCUT2D eigenvalue weighted by molar-refractivity contribution is -0.180. The predicted octanol–water partition coefficient (Wildman–Crippen LogP) is 6.53. The van der Waals surface area contributed by atoms with Crippen LogP contribution in [0.25, 0.3) is 5.76 Å². The summed E-state index contributed by atoms with van der Waals surface area (Å²) in [6, 6.07) is 9.54. The van der Waals surface area contributed by atoms with Crippen LogP contribution < -0.4 is 0 Å². The lowest BCUT2D eigenvalue weighted by Crippen LogP contribution is -2.70. The van der Waals surface area contributed by atoms with Crippen LogP contribution >= 0.6 is 0 Å². The molecule has 230 valence electrons. The molecular formula is C38H42O6. The van der Waals surface area contributed by atoms with Crippen LogP contribution in [0.2, 0.25) is 0 Å². The number of hydrogen-bond donors (Lipinski definition) is 3. The maximum Gasteiger partial charge on any atom is 0.206 e. The lowest BCUT2D eigenvalue weighted by atomic mass is 9.42. The predicted molar refractivity (Wildman–Crippen MR) is 170 cm³/mol. The Balaban J connectivity index is 1.78. The number of benzene rings is 2. The van der Waals surface area contributed by atoms with Crippen LogP contribution in [0, 0.1) is 41.4 Å². The lowest BCUT2D eigenvalue weighted by Gasteiger charge is -2.60. The highest BCUT2D eigenvalue weighted by Crippen LogP contribution is 2.65. The van der Waals surface area contributed by atoms with Crippen molar-refractivity contribution in [2.24, 2.45) is 22.7 Å². The number of aromatic hydroxyl groups is 1. The number of aryl methyl sites for hydroxylation is 1. The summed E-state index contributed by atoms with van der Waals surface area (Å²) in [7, 11) is 0. The first-order valence-corrected chi connectivity index (χ1v) is 15.4. The molecule has 0 unspecified atom stereocenters. The second-order valence-corrected chi connectivity index (χ2v) is 14.2. The average molecular weight is 595 g/mol. The normalized spacial score (nSPS) is 28.0.